The monoisotopic (exact) mass is 530 g/mol. The molecule has 0 unspecified atom stereocenters. The number of benzene rings is 5. The van der Waals surface area contributed by atoms with E-state index in [1.54, 1.807) is 0 Å². The van der Waals surface area contributed by atoms with E-state index >= 15 is 0 Å². The smallest absolute Gasteiger partial charge is 0.189 e. The van der Waals surface area contributed by atoms with Gasteiger partial charge in [0.15, 0.2) is 5.78 Å². The number of aryl methyl sites for hydroxylation is 1. The second-order valence-electron chi connectivity index (χ2n) is 10.7. The fourth-order valence-electron chi connectivity index (χ4n) is 6.50. The lowest BCUT2D eigenvalue weighted by Crippen LogP contribution is -2.38. The zero-order chi connectivity index (χ0) is 27.8. The zero-order valence-corrected chi connectivity index (χ0v) is 23.0. The number of carbonyl (C=O) groups is 1. The summed E-state index contributed by atoms with van der Waals surface area (Å²) in [5.41, 5.74) is 7.40. The lowest BCUT2D eigenvalue weighted by atomic mass is 9.76. The molecule has 1 aromatic heterocycles. The molecule has 6 aromatic rings. The van der Waals surface area contributed by atoms with Crippen LogP contribution in [-0.4, -0.2) is 15.3 Å². The molecule has 41 heavy (non-hydrogen) atoms. The van der Waals surface area contributed by atoms with Crippen LogP contribution in [0.5, 0.6) is 0 Å². The molecule has 0 radical (unpaired) electrons. The van der Waals surface area contributed by atoms with Crippen molar-refractivity contribution in [3.63, 3.8) is 0 Å². The van der Waals surface area contributed by atoms with Crippen LogP contribution < -0.4 is 0 Å². The molecule has 198 valence electrons. The van der Waals surface area contributed by atoms with Crippen LogP contribution in [0.4, 0.5) is 0 Å². The van der Waals surface area contributed by atoms with E-state index in [2.05, 4.69) is 127 Å². The molecule has 0 atom stereocenters. The minimum Gasteiger partial charge on any atom is -0.316 e. The number of carbonyl (C=O) groups excluding carboxylic acids is 1. The van der Waals surface area contributed by atoms with Gasteiger partial charge < -0.3 is 4.57 Å². The molecule has 3 nitrogen and oxygen atoms in total. The van der Waals surface area contributed by atoms with E-state index in [0.29, 0.717) is 6.42 Å². The van der Waals surface area contributed by atoms with Crippen LogP contribution in [0, 0.1) is 6.92 Å². The molecule has 3 heteroatoms. The van der Waals surface area contributed by atoms with Crippen molar-refractivity contribution in [3.05, 3.63) is 178 Å². The molecule has 0 bridgehead atoms. The molecule has 1 aliphatic carbocycles. The first-order chi connectivity index (χ1) is 20.2. The number of Topliss-reactive ketones (excluding diaryl/α,β-unsaturated/α-hetero) is 1. The first-order valence-corrected chi connectivity index (χ1v) is 14.1. The minimum atomic E-state index is -0.642. The lowest BCUT2D eigenvalue weighted by Gasteiger charge is -2.38. The predicted octanol–water partition coefficient (Wildman–Crippen LogP) is 8.40. The number of rotatable bonds is 5. The number of hydrogen-bond acceptors (Lipinski definition) is 2. The Morgan fingerprint density at radius 1 is 0.683 bits per heavy atom. The average molecular weight is 531 g/mol. The van der Waals surface area contributed by atoms with Crippen LogP contribution in [0.1, 0.15) is 50.4 Å². The summed E-state index contributed by atoms with van der Waals surface area (Å²) in [5, 5.41) is 2.12. The molecular weight excluding hydrogens is 500 g/mol. The Labute approximate surface area is 240 Å². The van der Waals surface area contributed by atoms with E-state index in [0.717, 1.165) is 62.0 Å². The number of aromatic nitrogens is 2. The Kier molecular flexibility index (Phi) is 6.20. The third-order valence-electron chi connectivity index (χ3n) is 8.49. The number of imidazole rings is 1. The molecule has 0 saturated heterocycles. The topological polar surface area (TPSA) is 34.9 Å². The normalized spacial score (nSPS) is 14.4. The van der Waals surface area contributed by atoms with Crippen LogP contribution in [0.3, 0.4) is 0 Å². The van der Waals surface area contributed by atoms with Gasteiger partial charge >= 0.3 is 0 Å². The summed E-state index contributed by atoms with van der Waals surface area (Å²) >= 11 is 0. The SMILES string of the molecule is Cc1c(/C=C2\CCc3ccc4ccccc4c3C2=O)ncn1C(c1ccccc1)(c1ccccc1)c1ccccc1. The van der Waals surface area contributed by atoms with Crippen molar-refractivity contribution in [1.29, 1.82) is 0 Å². The van der Waals surface area contributed by atoms with Crippen molar-refractivity contribution in [2.75, 3.05) is 0 Å². The molecule has 0 fully saturated rings. The second kappa shape index (κ2) is 10.2. The molecule has 0 saturated carbocycles. The maximum Gasteiger partial charge on any atom is 0.189 e. The number of fused-ring (bicyclic) bond motifs is 3. The van der Waals surface area contributed by atoms with E-state index in [1.165, 1.54) is 0 Å². The van der Waals surface area contributed by atoms with Crippen LogP contribution >= 0.6 is 0 Å². The van der Waals surface area contributed by atoms with E-state index in [4.69, 9.17) is 4.98 Å². The highest BCUT2D eigenvalue weighted by molar-refractivity contribution is 6.19. The van der Waals surface area contributed by atoms with Crippen molar-refractivity contribution >= 4 is 22.6 Å². The number of allylic oxidation sites excluding steroid dienone is 1. The first kappa shape index (κ1) is 25.0. The van der Waals surface area contributed by atoms with Crippen LogP contribution in [-0.2, 0) is 12.0 Å². The van der Waals surface area contributed by atoms with Gasteiger partial charge in [0, 0.05) is 16.8 Å². The molecule has 5 aromatic carbocycles. The van der Waals surface area contributed by atoms with Crippen LogP contribution in [0.15, 0.2) is 139 Å². The highest BCUT2D eigenvalue weighted by Crippen LogP contribution is 2.42. The van der Waals surface area contributed by atoms with Gasteiger partial charge in [0.25, 0.3) is 0 Å². The number of ketones is 1. The van der Waals surface area contributed by atoms with Gasteiger partial charge in [-0.05, 0) is 58.9 Å². The Morgan fingerprint density at radius 2 is 1.24 bits per heavy atom. The van der Waals surface area contributed by atoms with Gasteiger partial charge in [-0.3, -0.25) is 4.79 Å². The van der Waals surface area contributed by atoms with Gasteiger partial charge in [-0.2, -0.15) is 0 Å². The highest BCUT2D eigenvalue weighted by atomic mass is 16.1. The summed E-state index contributed by atoms with van der Waals surface area (Å²) < 4.78 is 2.27. The quantitative estimate of drug-likeness (QED) is 0.166. The third-order valence-corrected chi connectivity index (χ3v) is 8.49. The molecule has 1 aliphatic rings. The van der Waals surface area contributed by atoms with Gasteiger partial charge in [0.1, 0.15) is 5.54 Å². The van der Waals surface area contributed by atoms with E-state index in [-0.39, 0.29) is 5.78 Å². The molecule has 1 heterocycles. The van der Waals surface area contributed by atoms with Crippen LogP contribution in [0.2, 0.25) is 0 Å². The predicted molar refractivity (Wildman–Crippen MR) is 166 cm³/mol. The maximum atomic E-state index is 13.9. The zero-order valence-electron chi connectivity index (χ0n) is 23.0. The summed E-state index contributed by atoms with van der Waals surface area (Å²) in [6.07, 6.45) is 5.51. The Balaban J connectivity index is 1.41. The Bertz CT molecular complexity index is 1800. The van der Waals surface area contributed by atoms with Gasteiger partial charge in [-0.25, -0.2) is 4.98 Å². The Hall–Kier alpha value is -5.02. The standard InChI is InChI=1S/C38H30N2O/c1-27-35(25-30-24-23-29-22-21-28-13-11-12-20-34(28)36(29)37(30)41)39-26-40(27)38(31-14-5-2-6-15-31,32-16-7-3-8-17-32)33-18-9-4-10-19-33/h2-22,25-26H,23-24H2,1H3/b30-25+. The van der Waals surface area contributed by atoms with E-state index in [9.17, 15) is 4.79 Å². The molecule has 0 N–H and O–H groups in total. The van der Waals surface area contributed by atoms with E-state index in [1.807, 2.05) is 24.5 Å². The summed E-state index contributed by atoms with van der Waals surface area (Å²) in [4.78, 5) is 18.9. The third kappa shape index (κ3) is 4.05. The fraction of sp³-hybridized carbons (Fsp3) is 0.105. The molecule has 7 rings (SSSR count). The lowest BCUT2D eigenvalue weighted by molar-refractivity contribution is 0.102. The van der Waals surface area contributed by atoms with Crippen molar-refractivity contribution in [2.24, 2.45) is 0 Å². The van der Waals surface area contributed by atoms with E-state index < -0.39 is 5.54 Å². The van der Waals surface area contributed by atoms with Crippen molar-refractivity contribution in [3.8, 4) is 0 Å². The largest absolute Gasteiger partial charge is 0.316 e. The summed E-state index contributed by atoms with van der Waals surface area (Å²) in [6.45, 7) is 2.11. The average Bonchev–Trinajstić information content (AvgIpc) is 3.40. The Morgan fingerprint density at radius 3 is 1.85 bits per heavy atom. The highest BCUT2D eigenvalue weighted by Gasteiger charge is 2.39. The summed E-state index contributed by atoms with van der Waals surface area (Å²) in [7, 11) is 0. The molecule has 0 spiro atoms. The minimum absolute atomic E-state index is 0.109. The van der Waals surface area contributed by atoms with Crippen molar-refractivity contribution in [2.45, 2.75) is 25.3 Å². The van der Waals surface area contributed by atoms with Crippen molar-refractivity contribution in [1.82, 2.24) is 9.55 Å². The summed E-state index contributed by atoms with van der Waals surface area (Å²) in [5.74, 6) is 0.109. The number of hydrogen-bond donors (Lipinski definition) is 0. The first-order valence-electron chi connectivity index (χ1n) is 14.1. The summed E-state index contributed by atoms with van der Waals surface area (Å²) in [6, 6.07) is 44.2. The number of nitrogens with zero attached hydrogens (tertiary/aromatic N) is 2. The van der Waals surface area contributed by atoms with Gasteiger partial charge in [0.2, 0.25) is 0 Å². The van der Waals surface area contributed by atoms with Gasteiger partial charge in [0.05, 0.1) is 12.0 Å². The molecular formula is C38H30N2O. The second-order valence-corrected chi connectivity index (χ2v) is 10.7. The molecule has 0 amide bonds. The molecule has 0 aliphatic heterocycles. The van der Waals surface area contributed by atoms with Crippen molar-refractivity contribution < 1.29 is 4.79 Å². The van der Waals surface area contributed by atoms with Gasteiger partial charge in [-0.15, -0.1) is 0 Å². The maximum absolute atomic E-state index is 13.9. The fourth-order valence-corrected chi connectivity index (χ4v) is 6.50. The van der Waals surface area contributed by atoms with Gasteiger partial charge in [-0.1, -0.05) is 127 Å². The van der Waals surface area contributed by atoms with Crippen LogP contribution in [0.25, 0.3) is 16.8 Å².